The third-order valence-corrected chi connectivity index (χ3v) is 3.69. The summed E-state index contributed by atoms with van der Waals surface area (Å²) in [6.07, 6.45) is 2.11. The van der Waals surface area contributed by atoms with Crippen molar-refractivity contribution < 1.29 is 0 Å². The van der Waals surface area contributed by atoms with Gasteiger partial charge in [-0.15, -0.1) is 0 Å². The van der Waals surface area contributed by atoms with Gasteiger partial charge in [-0.3, -0.25) is 0 Å². The fraction of sp³-hybridized carbons (Fsp3) is 0.125. The first-order valence-corrected chi connectivity index (χ1v) is 6.61. The summed E-state index contributed by atoms with van der Waals surface area (Å²) in [7, 11) is 0. The number of anilines is 1. The van der Waals surface area contributed by atoms with Crippen molar-refractivity contribution in [3.8, 4) is 0 Å². The zero-order chi connectivity index (χ0) is 13.4. The maximum absolute atomic E-state index is 5.95. The van der Waals surface area contributed by atoms with Crippen molar-refractivity contribution in [1.29, 1.82) is 0 Å². The number of benzene rings is 2. The summed E-state index contributed by atoms with van der Waals surface area (Å²) in [6.45, 7) is 2.91. The molecule has 0 atom stereocenters. The molecule has 2 N–H and O–H groups in total. The lowest BCUT2D eigenvalue weighted by molar-refractivity contribution is 0.837. The quantitative estimate of drug-likeness (QED) is 0.694. The minimum Gasteiger partial charge on any atom is -0.398 e. The molecule has 3 rings (SSSR count). The number of halogens is 1. The van der Waals surface area contributed by atoms with Crippen LogP contribution < -0.4 is 5.73 Å². The van der Waals surface area contributed by atoms with Gasteiger partial charge in [-0.05, 0) is 47.7 Å². The molecular weight excluding hydrogens is 256 g/mol. The Bertz CT molecular complexity index is 744. The van der Waals surface area contributed by atoms with Gasteiger partial charge in [0, 0.05) is 18.3 Å². The van der Waals surface area contributed by atoms with Crippen molar-refractivity contribution >= 4 is 28.2 Å². The maximum atomic E-state index is 5.95. The Morgan fingerprint density at radius 2 is 1.95 bits per heavy atom. The van der Waals surface area contributed by atoms with Gasteiger partial charge < -0.3 is 10.3 Å². The third-order valence-electron chi connectivity index (χ3n) is 3.34. The van der Waals surface area contributed by atoms with E-state index < -0.39 is 0 Å². The number of nitrogen functional groups attached to an aromatic ring is 1. The Morgan fingerprint density at radius 1 is 1.11 bits per heavy atom. The van der Waals surface area contributed by atoms with E-state index in [4.69, 9.17) is 17.3 Å². The lowest BCUT2D eigenvalue weighted by Crippen LogP contribution is -1.99. The maximum Gasteiger partial charge on any atom is 0.0635 e. The van der Waals surface area contributed by atoms with Gasteiger partial charge in [0.25, 0.3) is 0 Å². The van der Waals surface area contributed by atoms with E-state index in [1.165, 1.54) is 16.5 Å². The molecule has 0 unspecified atom stereocenters. The average molecular weight is 271 g/mol. The Balaban J connectivity index is 2.00. The summed E-state index contributed by atoms with van der Waals surface area (Å²) in [5.41, 5.74) is 10.1. The molecule has 0 saturated carbocycles. The van der Waals surface area contributed by atoms with Gasteiger partial charge in [0.2, 0.25) is 0 Å². The molecule has 2 aromatic carbocycles. The molecule has 3 heteroatoms. The van der Waals surface area contributed by atoms with E-state index in [1.807, 2.05) is 18.2 Å². The highest BCUT2D eigenvalue weighted by Gasteiger charge is 2.03. The summed E-state index contributed by atoms with van der Waals surface area (Å²) in [4.78, 5) is 0. The molecule has 1 aromatic heterocycles. The van der Waals surface area contributed by atoms with Crippen LogP contribution in [0.4, 0.5) is 5.69 Å². The number of hydrogen-bond donors (Lipinski definition) is 1. The van der Waals surface area contributed by atoms with Gasteiger partial charge >= 0.3 is 0 Å². The number of rotatable bonds is 2. The number of aromatic nitrogens is 1. The Labute approximate surface area is 117 Å². The van der Waals surface area contributed by atoms with Crippen LogP contribution in [0.2, 0.25) is 5.02 Å². The third kappa shape index (κ3) is 2.32. The minimum absolute atomic E-state index is 0.608. The van der Waals surface area contributed by atoms with Gasteiger partial charge in [0.1, 0.15) is 0 Å². The lowest BCUT2D eigenvalue weighted by atomic mass is 10.1. The van der Waals surface area contributed by atoms with Gasteiger partial charge in [0.05, 0.1) is 10.7 Å². The average Bonchev–Trinajstić information content (AvgIpc) is 2.77. The highest BCUT2D eigenvalue weighted by molar-refractivity contribution is 6.33. The standard InChI is InChI=1S/C16H15ClN2/c1-11-2-4-13-6-7-19(16(13)8-11)10-12-3-5-14(17)15(18)9-12/h2-9H,10,18H2,1H3. The first-order chi connectivity index (χ1) is 9.13. The highest BCUT2D eigenvalue weighted by Crippen LogP contribution is 2.22. The molecular formula is C16H15ClN2. The predicted octanol–water partition coefficient (Wildman–Crippen LogP) is 4.23. The topological polar surface area (TPSA) is 30.9 Å². The molecule has 0 bridgehead atoms. The van der Waals surface area contributed by atoms with Crippen molar-refractivity contribution in [2.24, 2.45) is 0 Å². The molecule has 0 saturated heterocycles. The predicted molar refractivity (Wildman–Crippen MR) is 81.6 cm³/mol. The van der Waals surface area contributed by atoms with E-state index in [1.54, 1.807) is 0 Å². The number of aryl methyl sites for hydroxylation is 1. The first-order valence-electron chi connectivity index (χ1n) is 6.23. The smallest absolute Gasteiger partial charge is 0.0635 e. The van der Waals surface area contributed by atoms with Gasteiger partial charge in [-0.2, -0.15) is 0 Å². The summed E-state index contributed by atoms with van der Waals surface area (Å²) >= 11 is 5.95. The van der Waals surface area contributed by atoms with Crippen molar-refractivity contribution in [2.75, 3.05) is 5.73 Å². The summed E-state index contributed by atoms with van der Waals surface area (Å²) in [6, 6.07) is 14.4. The molecule has 0 radical (unpaired) electrons. The zero-order valence-corrected chi connectivity index (χ0v) is 11.5. The summed E-state index contributed by atoms with van der Waals surface area (Å²) < 4.78 is 2.23. The van der Waals surface area contributed by atoms with E-state index in [0.717, 1.165) is 12.1 Å². The van der Waals surface area contributed by atoms with Crippen LogP contribution in [-0.2, 0) is 6.54 Å². The van der Waals surface area contributed by atoms with Crippen LogP contribution in [0.1, 0.15) is 11.1 Å². The SMILES string of the molecule is Cc1ccc2ccn(Cc3ccc(Cl)c(N)c3)c2c1. The van der Waals surface area contributed by atoms with E-state index in [2.05, 4.69) is 42.0 Å². The zero-order valence-electron chi connectivity index (χ0n) is 10.7. The highest BCUT2D eigenvalue weighted by atomic mass is 35.5. The molecule has 0 spiro atoms. The second kappa shape index (κ2) is 4.63. The van der Waals surface area contributed by atoms with Crippen LogP contribution in [0.5, 0.6) is 0 Å². The van der Waals surface area contributed by atoms with Crippen molar-refractivity contribution in [3.05, 3.63) is 64.8 Å². The Morgan fingerprint density at radius 3 is 2.74 bits per heavy atom. The normalized spacial score (nSPS) is 11.1. The molecule has 3 aromatic rings. The number of nitrogens with zero attached hydrogens (tertiary/aromatic N) is 1. The van der Waals surface area contributed by atoms with E-state index in [0.29, 0.717) is 10.7 Å². The monoisotopic (exact) mass is 270 g/mol. The fourth-order valence-electron chi connectivity index (χ4n) is 2.32. The number of hydrogen-bond acceptors (Lipinski definition) is 1. The fourth-order valence-corrected chi connectivity index (χ4v) is 2.44. The Kier molecular flexibility index (Phi) is 2.96. The molecule has 96 valence electrons. The van der Waals surface area contributed by atoms with Crippen LogP contribution in [0, 0.1) is 6.92 Å². The van der Waals surface area contributed by atoms with Crippen LogP contribution in [0.25, 0.3) is 10.9 Å². The van der Waals surface area contributed by atoms with Crippen LogP contribution in [0.3, 0.4) is 0 Å². The van der Waals surface area contributed by atoms with Crippen LogP contribution in [-0.4, -0.2) is 4.57 Å². The summed E-state index contributed by atoms with van der Waals surface area (Å²) in [5, 5.41) is 1.87. The van der Waals surface area contributed by atoms with E-state index >= 15 is 0 Å². The molecule has 0 aliphatic heterocycles. The van der Waals surface area contributed by atoms with Crippen molar-refractivity contribution in [2.45, 2.75) is 13.5 Å². The van der Waals surface area contributed by atoms with Gasteiger partial charge in [-0.25, -0.2) is 0 Å². The van der Waals surface area contributed by atoms with Crippen molar-refractivity contribution in [1.82, 2.24) is 4.57 Å². The largest absolute Gasteiger partial charge is 0.398 e. The molecule has 2 nitrogen and oxygen atoms in total. The van der Waals surface area contributed by atoms with Crippen LogP contribution in [0.15, 0.2) is 48.7 Å². The van der Waals surface area contributed by atoms with Gasteiger partial charge in [0.15, 0.2) is 0 Å². The Hall–Kier alpha value is -1.93. The molecule has 0 aliphatic carbocycles. The minimum atomic E-state index is 0.608. The summed E-state index contributed by atoms with van der Waals surface area (Å²) in [5.74, 6) is 0. The number of fused-ring (bicyclic) bond motifs is 1. The first kappa shape index (κ1) is 12.1. The molecule has 0 fully saturated rings. The second-order valence-corrected chi connectivity index (χ2v) is 5.27. The van der Waals surface area contributed by atoms with E-state index in [9.17, 15) is 0 Å². The van der Waals surface area contributed by atoms with Gasteiger partial charge in [-0.1, -0.05) is 29.8 Å². The number of nitrogens with two attached hydrogens (primary N) is 1. The molecule has 1 heterocycles. The van der Waals surface area contributed by atoms with E-state index in [-0.39, 0.29) is 0 Å². The lowest BCUT2D eigenvalue weighted by Gasteiger charge is -2.08. The second-order valence-electron chi connectivity index (χ2n) is 4.86. The molecule has 0 aliphatic rings. The molecule has 19 heavy (non-hydrogen) atoms. The van der Waals surface area contributed by atoms with Crippen LogP contribution >= 0.6 is 11.6 Å². The molecule has 0 amide bonds. The van der Waals surface area contributed by atoms with Crippen molar-refractivity contribution in [3.63, 3.8) is 0 Å².